The third-order valence-corrected chi connectivity index (χ3v) is 4.11. The molecule has 1 rings (SSSR count). The SMILES string of the molecule is CCC(CSC)NC(C)Cc1ccc(OC)c(OC)c1. The molecule has 3 nitrogen and oxygen atoms in total. The monoisotopic (exact) mass is 297 g/mol. The largest absolute Gasteiger partial charge is 0.493 e. The van der Waals surface area contributed by atoms with Crippen molar-refractivity contribution in [2.45, 2.75) is 38.8 Å². The number of hydrogen-bond donors (Lipinski definition) is 1. The summed E-state index contributed by atoms with van der Waals surface area (Å²) in [6, 6.07) is 7.17. The fraction of sp³-hybridized carbons (Fsp3) is 0.625. The van der Waals surface area contributed by atoms with Crippen LogP contribution in [0.1, 0.15) is 25.8 Å². The number of methoxy groups -OCH3 is 2. The minimum atomic E-state index is 0.449. The zero-order chi connectivity index (χ0) is 15.0. The van der Waals surface area contributed by atoms with Crippen LogP contribution in [0, 0.1) is 0 Å². The van der Waals surface area contributed by atoms with Gasteiger partial charge in [-0.3, -0.25) is 0 Å². The number of thioether (sulfide) groups is 1. The summed E-state index contributed by atoms with van der Waals surface area (Å²) in [7, 11) is 3.34. The van der Waals surface area contributed by atoms with E-state index in [9.17, 15) is 0 Å². The molecule has 20 heavy (non-hydrogen) atoms. The van der Waals surface area contributed by atoms with Crippen molar-refractivity contribution in [2.75, 3.05) is 26.2 Å². The van der Waals surface area contributed by atoms with E-state index in [4.69, 9.17) is 9.47 Å². The van der Waals surface area contributed by atoms with Gasteiger partial charge in [0.15, 0.2) is 11.5 Å². The van der Waals surface area contributed by atoms with Gasteiger partial charge in [-0.15, -0.1) is 0 Å². The molecule has 0 amide bonds. The first-order valence-electron chi connectivity index (χ1n) is 7.10. The number of rotatable bonds is 9. The van der Waals surface area contributed by atoms with Crippen LogP contribution in [0.2, 0.25) is 0 Å². The van der Waals surface area contributed by atoms with Gasteiger partial charge in [0.1, 0.15) is 0 Å². The van der Waals surface area contributed by atoms with Gasteiger partial charge < -0.3 is 14.8 Å². The van der Waals surface area contributed by atoms with Gasteiger partial charge >= 0.3 is 0 Å². The topological polar surface area (TPSA) is 30.5 Å². The molecule has 0 bridgehead atoms. The Bertz CT molecular complexity index is 398. The number of ether oxygens (including phenoxy) is 2. The summed E-state index contributed by atoms with van der Waals surface area (Å²) in [4.78, 5) is 0. The van der Waals surface area contributed by atoms with E-state index in [-0.39, 0.29) is 0 Å². The molecule has 114 valence electrons. The van der Waals surface area contributed by atoms with Crippen LogP contribution >= 0.6 is 11.8 Å². The summed E-state index contributed by atoms with van der Waals surface area (Å²) < 4.78 is 10.6. The van der Waals surface area contributed by atoms with Gasteiger partial charge in [0.05, 0.1) is 14.2 Å². The van der Waals surface area contributed by atoms with E-state index in [2.05, 4.69) is 37.6 Å². The van der Waals surface area contributed by atoms with Crippen molar-refractivity contribution in [1.29, 1.82) is 0 Å². The van der Waals surface area contributed by atoms with E-state index < -0.39 is 0 Å². The molecule has 0 aliphatic carbocycles. The molecule has 0 fully saturated rings. The van der Waals surface area contributed by atoms with E-state index in [1.807, 2.05) is 17.8 Å². The van der Waals surface area contributed by atoms with Gasteiger partial charge in [-0.25, -0.2) is 0 Å². The van der Waals surface area contributed by atoms with Crippen LogP contribution in [-0.2, 0) is 6.42 Å². The lowest BCUT2D eigenvalue weighted by Crippen LogP contribution is -2.38. The molecule has 0 spiro atoms. The molecule has 0 radical (unpaired) electrons. The molecular formula is C16H27NO2S. The molecule has 1 aromatic carbocycles. The van der Waals surface area contributed by atoms with Crippen LogP contribution in [0.3, 0.4) is 0 Å². The molecular weight excluding hydrogens is 270 g/mol. The third-order valence-electron chi connectivity index (χ3n) is 3.37. The summed E-state index contributed by atoms with van der Waals surface area (Å²) in [5.41, 5.74) is 1.27. The van der Waals surface area contributed by atoms with E-state index in [1.165, 1.54) is 5.56 Å². The molecule has 0 aliphatic rings. The average Bonchev–Trinajstić information content (AvgIpc) is 2.46. The summed E-state index contributed by atoms with van der Waals surface area (Å²) in [6.45, 7) is 4.47. The van der Waals surface area contributed by atoms with Gasteiger partial charge in [0, 0.05) is 17.8 Å². The van der Waals surface area contributed by atoms with E-state index in [0.29, 0.717) is 12.1 Å². The molecule has 0 aromatic heterocycles. The lowest BCUT2D eigenvalue weighted by atomic mass is 10.1. The molecule has 1 aromatic rings. The Morgan fingerprint density at radius 2 is 1.90 bits per heavy atom. The first-order chi connectivity index (χ1) is 9.64. The number of benzene rings is 1. The van der Waals surface area contributed by atoms with Gasteiger partial charge in [0.25, 0.3) is 0 Å². The summed E-state index contributed by atoms with van der Waals surface area (Å²) in [5, 5.41) is 3.69. The van der Waals surface area contributed by atoms with Crippen LogP contribution in [-0.4, -0.2) is 38.3 Å². The average molecular weight is 297 g/mol. The molecule has 0 saturated carbocycles. The van der Waals surface area contributed by atoms with Gasteiger partial charge in [-0.05, 0) is 43.7 Å². The van der Waals surface area contributed by atoms with Gasteiger partial charge in [-0.1, -0.05) is 13.0 Å². The first-order valence-corrected chi connectivity index (χ1v) is 8.49. The van der Waals surface area contributed by atoms with Crippen molar-refractivity contribution >= 4 is 11.8 Å². The Hall–Kier alpha value is -0.870. The van der Waals surface area contributed by atoms with Crippen LogP contribution < -0.4 is 14.8 Å². The first kappa shape index (κ1) is 17.2. The van der Waals surface area contributed by atoms with E-state index >= 15 is 0 Å². The number of nitrogens with one attached hydrogen (secondary N) is 1. The predicted molar refractivity (Wildman–Crippen MR) is 88.3 cm³/mol. The van der Waals surface area contributed by atoms with E-state index in [1.54, 1.807) is 14.2 Å². The minimum Gasteiger partial charge on any atom is -0.493 e. The second-order valence-electron chi connectivity index (χ2n) is 5.02. The lowest BCUT2D eigenvalue weighted by molar-refractivity contribution is 0.354. The van der Waals surface area contributed by atoms with Crippen molar-refractivity contribution in [2.24, 2.45) is 0 Å². The van der Waals surface area contributed by atoms with Crippen LogP contribution in [0.15, 0.2) is 18.2 Å². The maximum Gasteiger partial charge on any atom is 0.160 e. The molecule has 1 N–H and O–H groups in total. The fourth-order valence-corrected chi connectivity index (χ4v) is 3.04. The quantitative estimate of drug-likeness (QED) is 0.757. The zero-order valence-electron chi connectivity index (χ0n) is 13.2. The smallest absolute Gasteiger partial charge is 0.160 e. The molecule has 0 aliphatic heterocycles. The Labute approximate surface area is 127 Å². The maximum atomic E-state index is 5.35. The molecule has 0 heterocycles. The van der Waals surface area contributed by atoms with Crippen LogP contribution in [0.5, 0.6) is 11.5 Å². The standard InChI is InChI=1S/C16H27NO2S/c1-6-14(11-20-5)17-12(2)9-13-7-8-15(18-3)16(10-13)19-4/h7-8,10,12,14,17H,6,9,11H2,1-5H3. The van der Waals surface area contributed by atoms with E-state index in [0.717, 1.165) is 30.1 Å². The molecule has 2 unspecified atom stereocenters. The highest BCUT2D eigenvalue weighted by molar-refractivity contribution is 7.98. The third kappa shape index (κ3) is 5.25. The molecule has 0 saturated heterocycles. The van der Waals surface area contributed by atoms with Crippen LogP contribution in [0.4, 0.5) is 0 Å². The highest BCUT2D eigenvalue weighted by Gasteiger charge is 2.12. The van der Waals surface area contributed by atoms with Crippen molar-refractivity contribution in [3.8, 4) is 11.5 Å². The van der Waals surface area contributed by atoms with Crippen LogP contribution in [0.25, 0.3) is 0 Å². The minimum absolute atomic E-state index is 0.449. The second-order valence-corrected chi connectivity index (χ2v) is 5.93. The lowest BCUT2D eigenvalue weighted by Gasteiger charge is -2.22. The van der Waals surface area contributed by atoms with Crippen molar-refractivity contribution in [1.82, 2.24) is 5.32 Å². The Kier molecular flexibility index (Phi) is 7.85. The maximum absolute atomic E-state index is 5.35. The van der Waals surface area contributed by atoms with Gasteiger partial charge in [-0.2, -0.15) is 11.8 Å². The summed E-state index contributed by atoms with van der Waals surface area (Å²) >= 11 is 1.89. The zero-order valence-corrected chi connectivity index (χ0v) is 14.0. The van der Waals surface area contributed by atoms with Crippen molar-refractivity contribution in [3.63, 3.8) is 0 Å². The predicted octanol–water partition coefficient (Wildman–Crippen LogP) is 3.37. The highest BCUT2D eigenvalue weighted by Crippen LogP contribution is 2.28. The summed E-state index contributed by atoms with van der Waals surface area (Å²) in [5.74, 6) is 2.74. The Morgan fingerprint density at radius 1 is 1.20 bits per heavy atom. The normalized spacial score (nSPS) is 13.8. The number of hydrogen-bond acceptors (Lipinski definition) is 4. The Morgan fingerprint density at radius 3 is 2.45 bits per heavy atom. The fourth-order valence-electron chi connectivity index (χ4n) is 2.31. The molecule has 4 heteroatoms. The second kappa shape index (κ2) is 9.14. The Balaban J connectivity index is 2.63. The van der Waals surface area contributed by atoms with Crippen molar-refractivity contribution in [3.05, 3.63) is 23.8 Å². The van der Waals surface area contributed by atoms with Crippen molar-refractivity contribution < 1.29 is 9.47 Å². The summed E-state index contributed by atoms with van der Waals surface area (Å²) in [6.07, 6.45) is 4.31. The highest BCUT2D eigenvalue weighted by atomic mass is 32.2. The van der Waals surface area contributed by atoms with Gasteiger partial charge in [0.2, 0.25) is 0 Å². The molecule has 2 atom stereocenters.